The van der Waals surface area contributed by atoms with Crippen molar-refractivity contribution in [3.05, 3.63) is 42.5 Å². The number of allylic oxidation sites excluding steroid dienone is 2. The fraction of sp³-hybridized carbons (Fsp3) is 0.471. The van der Waals surface area contributed by atoms with E-state index in [2.05, 4.69) is 43.3 Å². The standard InChI is InChI=1S/C17H22OSe/c1-2-3-4-6-9-14-12-13-16(18)17(14)19-15-10-7-5-8-11-15/h3-5,7-8,10-11,14,17H,2,6,9,12-13H2,1H3/b4-3+. The first-order valence-electron chi connectivity index (χ1n) is 7.20. The monoisotopic (exact) mass is 322 g/mol. The molecule has 0 heterocycles. The molecule has 1 aromatic rings. The first-order chi connectivity index (χ1) is 9.31. The minimum absolute atomic E-state index is 0.313. The Morgan fingerprint density at radius 2 is 2.05 bits per heavy atom. The van der Waals surface area contributed by atoms with Crippen molar-refractivity contribution in [3.8, 4) is 0 Å². The van der Waals surface area contributed by atoms with Gasteiger partial charge < -0.3 is 0 Å². The molecule has 1 nitrogen and oxygen atoms in total. The van der Waals surface area contributed by atoms with Gasteiger partial charge in [0.2, 0.25) is 0 Å². The van der Waals surface area contributed by atoms with Crippen LogP contribution in [0, 0.1) is 5.92 Å². The molecule has 0 N–H and O–H groups in total. The molecule has 1 fully saturated rings. The van der Waals surface area contributed by atoms with E-state index in [9.17, 15) is 4.79 Å². The molecule has 0 amide bonds. The van der Waals surface area contributed by atoms with Crippen LogP contribution in [0.3, 0.4) is 0 Å². The summed E-state index contributed by atoms with van der Waals surface area (Å²) in [4.78, 5) is 12.4. The summed E-state index contributed by atoms with van der Waals surface area (Å²) in [5, 5.41) is 0. The molecule has 2 unspecified atom stereocenters. The maximum absolute atomic E-state index is 12.1. The van der Waals surface area contributed by atoms with Gasteiger partial charge in [0.15, 0.2) is 0 Å². The van der Waals surface area contributed by atoms with E-state index >= 15 is 0 Å². The van der Waals surface area contributed by atoms with Crippen LogP contribution in [-0.2, 0) is 4.79 Å². The summed E-state index contributed by atoms with van der Waals surface area (Å²) in [5.41, 5.74) is 0. The first kappa shape index (κ1) is 14.6. The first-order valence-corrected chi connectivity index (χ1v) is 9.05. The number of hydrogen-bond acceptors (Lipinski definition) is 1. The van der Waals surface area contributed by atoms with Gasteiger partial charge in [0.05, 0.1) is 0 Å². The quantitative estimate of drug-likeness (QED) is 0.579. The van der Waals surface area contributed by atoms with Crippen molar-refractivity contribution >= 4 is 25.2 Å². The fourth-order valence-corrected chi connectivity index (χ4v) is 5.35. The van der Waals surface area contributed by atoms with Gasteiger partial charge in [0.1, 0.15) is 0 Å². The Morgan fingerprint density at radius 3 is 2.79 bits per heavy atom. The van der Waals surface area contributed by atoms with Crippen LogP contribution in [0.25, 0.3) is 0 Å². The molecule has 0 saturated heterocycles. The Labute approximate surface area is 122 Å². The van der Waals surface area contributed by atoms with Gasteiger partial charge in [-0.3, -0.25) is 0 Å². The summed E-state index contributed by atoms with van der Waals surface area (Å²) in [6.07, 6.45) is 9.85. The van der Waals surface area contributed by atoms with Crippen LogP contribution in [0.4, 0.5) is 0 Å². The van der Waals surface area contributed by atoms with E-state index in [0.29, 0.717) is 31.5 Å². The molecule has 0 aliphatic heterocycles. The summed E-state index contributed by atoms with van der Waals surface area (Å²) in [7, 11) is 0. The van der Waals surface area contributed by atoms with E-state index in [1.165, 1.54) is 10.9 Å². The normalized spacial score (nSPS) is 23.3. The molecule has 0 radical (unpaired) electrons. The SMILES string of the molecule is CC/C=C/CCC1CCC(=O)C1[Se]c1ccccc1. The van der Waals surface area contributed by atoms with Crippen molar-refractivity contribution in [2.45, 2.75) is 43.8 Å². The van der Waals surface area contributed by atoms with Crippen LogP contribution in [-0.4, -0.2) is 20.7 Å². The number of Topliss-reactive ketones (excluding diaryl/α,β-unsaturated/α-hetero) is 1. The van der Waals surface area contributed by atoms with Gasteiger partial charge in [-0.05, 0) is 0 Å². The third-order valence-corrected chi connectivity index (χ3v) is 6.65. The Bertz CT molecular complexity index is 424. The van der Waals surface area contributed by atoms with E-state index in [1.54, 1.807) is 0 Å². The second-order valence-electron chi connectivity index (χ2n) is 5.07. The summed E-state index contributed by atoms with van der Waals surface area (Å²) >= 11 is 0.313. The van der Waals surface area contributed by atoms with Gasteiger partial charge in [-0.25, -0.2) is 0 Å². The second-order valence-corrected chi connectivity index (χ2v) is 7.62. The third-order valence-electron chi connectivity index (χ3n) is 3.62. The number of rotatable bonds is 6. The molecule has 1 aliphatic rings. The van der Waals surface area contributed by atoms with Crippen molar-refractivity contribution in [2.75, 3.05) is 0 Å². The van der Waals surface area contributed by atoms with E-state index < -0.39 is 0 Å². The predicted molar refractivity (Wildman–Crippen MR) is 82.0 cm³/mol. The van der Waals surface area contributed by atoms with Gasteiger partial charge >= 0.3 is 122 Å². The Balaban J connectivity index is 1.92. The molecule has 2 atom stereocenters. The molecule has 0 spiro atoms. The second kappa shape index (κ2) is 7.67. The van der Waals surface area contributed by atoms with Crippen molar-refractivity contribution < 1.29 is 4.79 Å². The van der Waals surface area contributed by atoms with E-state index in [0.717, 1.165) is 25.7 Å². The van der Waals surface area contributed by atoms with Gasteiger partial charge in [-0.1, -0.05) is 0 Å². The molecule has 102 valence electrons. The summed E-state index contributed by atoms with van der Waals surface area (Å²) < 4.78 is 1.37. The Morgan fingerprint density at radius 1 is 1.26 bits per heavy atom. The van der Waals surface area contributed by atoms with Crippen LogP contribution >= 0.6 is 0 Å². The molecule has 2 rings (SSSR count). The van der Waals surface area contributed by atoms with Crippen molar-refractivity contribution in [3.63, 3.8) is 0 Å². The van der Waals surface area contributed by atoms with Crippen molar-refractivity contribution in [1.29, 1.82) is 0 Å². The summed E-state index contributed by atoms with van der Waals surface area (Å²) in [6, 6.07) is 10.5. The topological polar surface area (TPSA) is 17.1 Å². The molecule has 1 saturated carbocycles. The molecule has 19 heavy (non-hydrogen) atoms. The van der Waals surface area contributed by atoms with Crippen molar-refractivity contribution in [1.82, 2.24) is 0 Å². The van der Waals surface area contributed by atoms with Crippen LogP contribution in [0.5, 0.6) is 0 Å². The number of hydrogen-bond donors (Lipinski definition) is 0. The summed E-state index contributed by atoms with van der Waals surface area (Å²) in [5.74, 6) is 1.13. The number of carbonyl (C=O) groups excluding carboxylic acids is 1. The van der Waals surface area contributed by atoms with Gasteiger partial charge in [-0.15, -0.1) is 0 Å². The number of ketones is 1. The molecular formula is C17H22OSe. The molecule has 0 bridgehead atoms. The zero-order valence-electron chi connectivity index (χ0n) is 11.5. The molecule has 0 aromatic heterocycles. The molecule has 1 aromatic carbocycles. The molecule has 2 heteroatoms. The van der Waals surface area contributed by atoms with Crippen LogP contribution in [0.1, 0.15) is 39.0 Å². The van der Waals surface area contributed by atoms with E-state index in [-0.39, 0.29) is 0 Å². The Hall–Kier alpha value is -0.851. The third kappa shape index (κ3) is 4.33. The van der Waals surface area contributed by atoms with Crippen molar-refractivity contribution in [2.24, 2.45) is 5.92 Å². The maximum atomic E-state index is 12.1. The zero-order valence-corrected chi connectivity index (χ0v) is 13.3. The van der Waals surface area contributed by atoms with E-state index in [4.69, 9.17) is 0 Å². The van der Waals surface area contributed by atoms with Crippen LogP contribution in [0.15, 0.2) is 42.5 Å². The van der Waals surface area contributed by atoms with E-state index in [1.807, 2.05) is 6.07 Å². The Kier molecular flexibility index (Phi) is 5.88. The van der Waals surface area contributed by atoms with Crippen LogP contribution in [0.2, 0.25) is 4.82 Å². The zero-order chi connectivity index (χ0) is 13.5. The van der Waals surface area contributed by atoms with Crippen LogP contribution < -0.4 is 4.46 Å². The van der Waals surface area contributed by atoms with Gasteiger partial charge in [-0.2, -0.15) is 0 Å². The molecular weight excluding hydrogens is 299 g/mol. The predicted octanol–water partition coefficient (Wildman–Crippen LogP) is 3.53. The number of benzene rings is 1. The molecule has 1 aliphatic carbocycles. The average Bonchev–Trinajstić information content (AvgIpc) is 2.78. The number of carbonyl (C=O) groups is 1. The minimum atomic E-state index is 0.313. The summed E-state index contributed by atoms with van der Waals surface area (Å²) in [6.45, 7) is 2.16. The van der Waals surface area contributed by atoms with Gasteiger partial charge in [0, 0.05) is 0 Å². The average molecular weight is 321 g/mol. The fourth-order valence-electron chi connectivity index (χ4n) is 2.58. The van der Waals surface area contributed by atoms with Gasteiger partial charge in [0.25, 0.3) is 0 Å².